The number of halogens is 1. The molecule has 6 nitrogen and oxygen atoms in total. The Labute approximate surface area is 114 Å². The number of rotatable bonds is 4. The van der Waals surface area contributed by atoms with Crippen LogP contribution < -0.4 is 5.32 Å². The van der Waals surface area contributed by atoms with Crippen molar-refractivity contribution in [3.05, 3.63) is 38.9 Å². The molecule has 0 aromatic heterocycles. The molecule has 1 heterocycles. The lowest BCUT2D eigenvalue weighted by molar-refractivity contribution is -0.384. The lowest BCUT2D eigenvalue weighted by Gasteiger charge is -2.38. The molecule has 1 aliphatic heterocycles. The molecule has 0 atom stereocenters. The van der Waals surface area contributed by atoms with E-state index in [1.807, 2.05) is 6.92 Å². The molecular formula is C12H13ClN2O4. The highest BCUT2D eigenvalue weighted by molar-refractivity contribution is 6.33. The Kier molecular flexibility index (Phi) is 3.73. The van der Waals surface area contributed by atoms with E-state index in [0.29, 0.717) is 19.8 Å². The molecule has 1 amide bonds. The van der Waals surface area contributed by atoms with Crippen LogP contribution in [0.4, 0.5) is 5.69 Å². The lowest BCUT2D eigenvalue weighted by atomic mass is 9.88. The summed E-state index contributed by atoms with van der Waals surface area (Å²) in [4.78, 5) is 22.1. The molecule has 19 heavy (non-hydrogen) atoms. The Bertz CT molecular complexity index is 528. The number of carbonyl (C=O) groups is 1. The minimum atomic E-state index is -0.561. The highest BCUT2D eigenvalue weighted by atomic mass is 35.5. The number of nitrogens with one attached hydrogen (secondary N) is 1. The molecule has 0 bridgehead atoms. The van der Waals surface area contributed by atoms with Gasteiger partial charge in [0.2, 0.25) is 0 Å². The molecule has 0 unspecified atom stereocenters. The van der Waals surface area contributed by atoms with Gasteiger partial charge in [-0.1, -0.05) is 18.5 Å². The minimum absolute atomic E-state index is 0.0666. The van der Waals surface area contributed by atoms with E-state index >= 15 is 0 Å². The standard InChI is InChI=1S/C12H13ClN2O4/c1-12(6-19-7-12)5-14-11(16)9-4-8(15(17)18)2-3-10(9)13/h2-4H,5-7H2,1H3,(H,14,16). The first-order valence-corrected chi connectivity index (χ1v) is 6.09. The molecule has 1 aromatic rings. The van der Waals surface area contributed by atoms with E-state index in [1.165, 1.54) is 18.2 Å². The van der Waals surface area contributed by atoms with Gasteiger partial charge in [-0.15, -0.1) is 0 Å². The number of benzene rings is 1. The Balaban J connectivity index is 2.09. The number of nitrogens with zero attached hydrogens (tertiary/aromatic N) is 1. The SMILES string of the molecule is CC1(CNC(=O)c2cc([N+](=O)[O-])ccc2Cl)COC1. The molecule has 1 N–H and O–H groups in total. The van der Waals surface area contributed by atoms with Gasteiger partial charge in [-0.05, 0) is 6.07 Å². The summed E-state index contributed by atoms with van der Waals surface area (Å²) in [6.07, 6.45) is 0. The van der Waals surface area contributed by atoms with Crippen molar-refractivity contribution in [2.75, 3.05) is 19.8 Å². The summed E-state index contributed by atoms with van der Waals surface area (Å²) in [5, 5.41) is 13.6. The van der Waals surface area contributed by atoms with Crippen molar-refractivity contribution in [2.24, 2.45) is 5.41 Å². The summed E-state index contributed by atoms with van der Waals surface area (Å²) in [5.41, 5.74) is -0.115. The van der Waals surface area contributed by atoms with Gasteiger partial charge < -0.3 is 10.1 Å². The van der Waals surface area contributed by atoms with Gasteiger partial charge in [0.15, 0.2) is 0 Å². The fourth-order valence-electron chi connectivity index (χ4n) is 1.74. The van der Waals surface area contributed by atoms with Gasteiger partial charge >= 0.3 is 0 Å². The van der Waals surface area contributed by atoms with Crippen LogP contribution in [-0.4, -0.2) is 30.6 Å². The number of non-ortho nitro benzene ring substituents is 1. The van der Waals surface area contributed by atoms with Gasteiger partial charge in [-0.3, -0.25) is 14.9 Å². The monoisotopic (exact) mass is 284 g/mol. The zero-order chi connectivity index (χ0) is 14.0. The smallest absolute Gasteiger partial charge is 0.270 e. The van der Waals surface area contributed by atoms with Crippen LogP contribution in [0.5, 0.6) is 0 Å². The first-order chi connectivity index (χ1) is 8.91. The van der Waals surface area contributed by atoms with E-state index in [-0.39, 0.29) is 21.7 Å². The number of hydrogen-bond acceptors (Lipinski definition) is 4. The third-order valence-electron chi connectivity index (χ3n) is 2.98. The zero-order valence-electron chi connectivity index (χ0n) is 10.3. The van der Waals surface area contributed by atoms with E-state index in [1.54, 1.807) is 0 Å². The van der Waals surface area contributed by atoms with Crippen molar-refractivity contribution in [3.8, 4) is 0 Å². The predicted octanol–water partition coefficient (Wildman–Crippen LogP) is 2.01. The fraction of sp³-hybridized carbons (Fsp3) is 0.417. The second-order valence-electron chi connectivity index (χ2n) is 4.91. The zero-order valence-corrected chi connectivity index (χ0v) is 11.1. The van der Waals surface area contributed by atoms with Crippen molar-refractivity contribution in [2.45, 2.75) is 6.92 Å². The van der Waals surface area contributed by atoms with Crippen molar-refractivity contribution in [1.29, 1.82) is 0 Å². The number of nitro groups is 1. The molecule has 1 fully saturated rings. The fourth-order valence-corrected chi connectivity index (χ4v) is 1.95. The number of carbonyl (C=O) groups excluding carboxylic acids is 1. The maximum absolute atomic E-state index is 12.0. The van der Waals surface area contributed by atoms with Crippen molar-refractivity contribution in [1.82, 2.24) is 5.32 Å². The summed E-state index contributed by atoms with van der Waals surface area (Å²) >= 11 is 5.89. The molecule has 1 aliphatic rings. The van der Waals surface area contributed by atoms with Crippen LogP contribution in [0, 0.1) is 15.5 Å². The van der Waals surface area contributed by atoms with E-state index < -0.39 is 10.8 Å². The third-order valence-corrected chi connectivity index (χ3v) is 3.31. The normalized spacial score (nSPS) is 16.5. The molecule has 1 aromatic carbocycles. The highest BCUT2D eigenvalue weighted by Crippen LogP contribution is 2.26. The lowest BCUT2D eigenvalue weighted by Crippen LogP contribution is -2.48. The summed E-state index contributed by atoms with van der Waals surface area (Å²) in [7, 11) is 0. The minimum Gasteiger partial charge on any atom is -0.380 e. The number of ether oxygens (including phenoxy) is 1. The van der Waals surface area contributed by atoms with Gasteiger partial charge in [0.1, 0.15) is 0 Å². The van der Waals surface area contributed by atoms with E-state index in [9.17, 15) is 14.9 Å². The topological polar surface area (TPSA) is 81.5 Å². The van der Waals surface area contributed by atoms with E-state index in [0.717, 1.165) is 0 Å². The van der Waals surface area contributed by atoms with E-state index in [2.05, 4.69) is 5.32 Å². The molecule has 1 saturated heterocycles. The van der Waals surface area contributed by atoms with E-state index in [4.69, 9.17) is 16.3 Å². The maximum atomic E-state index is 12.0. The largest absolute Gasteiger partial charge is 0.380 e. The molecule has 2 rings (SSSR count). The van der Waals surface area contributed by atoms with Gasteiger partial charge in [-0.25, -0.2) is 0 Å². The average molecular weight is 285 g/mol. The number of amides is 1. The van der Waals surface area contributed by atoms with Crippen LogP contribution in [0.2, 0.25) is 5.02 Å². The summed E-state index contributed by atoms with van der Waals surface area (Å²) in [6, 6.07) is 3.79. The second kappa shape index (κ2) is 5.14. The first kappa shape index (κ1) is 13.8. The van der Waals surface area contributed by atoms with Gasteiger partial charge in [0.05, 0.1) is 28.7 Å². The van der Waals surface area contributed by atoms with Gasteiger partial charge in [0.25, 0.3) is 11.6 Å². The van der Waals surface area contributed by atoms with Crippen LogP contribution in [0.15, 0.2) is 18.2 Å². The van der Waals surface area contributed by atoms with Crippen molar-refractivity contribution in [3.63, 3.8) is 0 Å². The van der Waals surface area contributed by atoms with Crippen molar-refractivity contribution >= 4 is 23.2 Å². The third kappa shape index (κ3) is 3.02. The summed E-state index contributed by atoms with van der Waals surface area (Å²) in [6.45, 7) is 3.63. The quantitative estimate of drug-likeness (QED) is 0.677. The number of nitro benzene ring substituents is 1. The first-order valence-electron chi connectivity index (χ1n) is 5.71. The molecule has 102 valence electrons. The summed E-state index contributed by atoms with van der Waals surface area (Å²) in [5.74, 6) is -0.415. The molecule has 0 radical (unpaired) electrons. The van der Waals surface area contributed by atoms with Crippen LogP contribution >= 0.6 is 11.6 Å². The van der Waals surface area contributed by atoms with Gasteiger partial charge in [0, 0.05) is 24.1 Å². The summed E-state index contributed by atoms with van der Waals surface area (Å²) < 4.78 is 5.08. The van der Waals surface area contributed by atoms with Crippen LogP contribution in [-0.2, 0) is 4.74 Å². The Hall–Kier alpha value is -1.66. The Morgan fingerprint density at radius 3 is 2.79 bits per heavy atom. The molecule has 0 saturated carbocycles. The molecular weight excluding hydrogens is 272 g/mol. The van der Waals surface area contributed by atoms with Crippen molar-refractivity contribution < 1.29 is 14.5 Å². The van der Waals surface area contributed by atoms with Crippen LogP contribution in [0.1, 0.15) is 17.3 Å². The average Bonchev–Trinajstić information content (AvgIpc) is 2.34. The Morgan fingerprint density at radius 1 is 1.58 bits per heavy atom. The van der Waals surface area contributed by atoms with Crippen LogP contribution in [0.25, 0.3) is 0 Å². The number of hydrogen-bond donors (Lipinski definition) is 1. The van der Waals surface area contributed by atoms with Gasteiger partial charge in [-0.2, -0.15) is 0 Å². The molecule has 0 aliphatic carbocycles. The molecule has 0 spiro atoms. The Morgan fingerprint density at radius 2 is 2.26 bits per heavy atom. The second-order valence-corrected chi connectivity index (χ2v) is 5.31. The maximum Gasteiger partial charge on any atom is 0.270 e. The molecule has 7 heteroatoms. The predicted molar refractivity (Wildman–Crippen MR) is 69.4 cm³/mol. The van der Waals surface area contributed by atoms with Crippen LogP contribution in [0.3, 0.4) is 0 Å². The highest BCUT2D eigenvalue weighted by Gasteiger charge is 2.33.